The van der Waals surface area contributed by atoms with Gasteiger partial charge in [0.1, 0.15) is 10.7 Å². The molecular formula is C7H9ClINO. The Morgan fingerprint density at radius 2 is 2.00 bits per heavy atom. The predicted molar refractivity (Wildman–Crippen MR) is 52.9 cm³/mol. The van der Waals surface area contributed by atoms with Crippen molar-refractivity contribution in [2.75, 3.05) is 0 Å². The van der Waals surface area contributed by atoms with Crippen molar-refractivity contribution in [3.63, 3.8) is 0 Å². The zero-order valence-corrected chi connectivity index (χ0v) is 9.52. The van der Waals surface area contributed by atoms with Crippen LogP contribution >= 0.6 is 34.2 Å². The first-order valence-corrected chi connectivity index (χ1v) is 4.69. The number of nitrogens with zero attached hydrogens (tertiary/aromatic N) is 1. The van der Waals surface area contributed by atoms with Crippen molar-refractivity contribution < 1.29 is 4.52 Å². The average molecular weight is 286 g/mol. The molecule has 0 radical (unpaired) electrons. The molecule has 4 heteroatoms. The summed E-state index contributed by atoms with van der Waals surface area (Å²) in [5.74, 6) is 0. The van der Waals surface area contributed by atoms with Crippen LogP contribution in [0, 0.1) is 3.77 Å². The quantitative estimate of drug-likeness (QED) is 0.684. The van der Waals surface area contributed by atoms with Crippen molar-refractivity contribution in [2.24, 2.45) is 0 Å². The lowest BCUT2D eigenvalue weighted by Crippen LogP contribution is -2.11. The Morgan fingerprint density at radius 1 is 1.45 bits per heavy atom. The van der Waals surface area contributed by atoms with Gasteiger partial charge in [0.15, 0.2) is 0 Å². The molecule has 0 aliphatic heterocycles. The third-order valence-corrected chi connectivity index (χ3v) is 2.71. The van der Waals surface area contributed by atoms with Crippen LogP contribution < -0.4 is 0 Å². The highest BCUT2D eigenvalue weighted by molar-refractivity contribution is 14.1. The smallest absolute Gasteiger partial charge is 0.215 e. The molecule has 0 amide bonds. The van der Waals surface area contributed by atoms with Gasteiger partial charge in [0.05, 0.1) is 0 Å². The molecule has 2 nitrogen and oxygen atoms in total. The van der Waals surface area contributed by atoms with Crippen LogP contribution in [0.2, 0.25) is 5.02 Å². The van der Waals surface area contributed by atoms with Crippen molar-refractivity contribution in [2.45, 2.75) is 26.2 Å². The molecule has 1 rings (SSSR count). The maximum absolute atomic E-state index is 5.93. The first kappa shape index (κ1) is 9.32. The lowest BCUT2D eigenvalue weighted by molar-refractivity contribution is 0.375. The summed E-state index contributed by atoms with van der Waals surface area (Å²) >= 11 is 7.95. The minimum absolute atomic E-state index is 0.0377. The first-order chi connectivity index (χ1) is 4.93. The number of hydrogen-bond acceptors (Lipinski definition) is 2. The molecule has 0 atom stereocenters. The van der Waals surface area contributed by atoms with Gasteiger partial charge in [-0.15, -0.1) is 0 Å². The third kappa shape index (κ3) is 1.87. The standard InChI is InChI=1S/C7H9ClINO/c1-7(2,3)5-4(8)6(9)11-10-5/h1-3H3. The van der Waals surface area contributed by atoms with Crippen LogP contribution in [0.3, 0.4) is 0 Å². The van der Waals surface area contributed by atoms with Gasteiger partial charge in [-0.05, 0) is 0 Å². The molecule has 0 saturated carbocycles. The van der Waals surface area contributed by atoms with Crippen LogP contribution in [0.5, 0.6) is 0 Å². The highest BCUT2D eigenvalue weighted by atomic mass is 127. The largest absolute Gasteiger partial charge is 0.348 e. The molecule has 0 unspecified atom stereocenters. The van der Waals surface area contributed by atoms with E-state index < -0.39 is 0 Å². The summed E-state index contributed by atoms with van der Waals surface area (Å²) in [6.45, 7) is 6.15. The molecule has 1 aromatic heterocycles. The Bertz CT molecular complexity index is 264. The zero-order valence-electron chi connectivity index (χ0n) is 6.61. The van der Waals surface area contributed by atoms with Gasteiger partial charge in [-0.2, -0.15) is 0 Å². The van der Waals surface area contributed by atoms with E-state index in [0.29, 0.717) is 8.79 Å². The lowest BCUT2D eigenvalue weighted by Gasteiger charge is -2.13. The molecular weight excluding hydrogens is 276 g/mol. The Hall–Kier alpha value is 0.230. The van der Waals surface area contributed by atoms with Gasteiger partial charge < -0.3 is 4.52 Å². The summed E-state index contributed by atoms with van der Waals surface area (Å²) in [4.78, 5) is 0. The molecule has 0 aliphatic carbocycles. The Labute approximate surface area is 84.4 Å². The second-order valence-electron chi connectivity index (χ2n) is 3.37. The van der Waals surface area contributed by atoms with E-state index >= 15 is 0 Å². The van der Waals surface area contributed by atoms with E-state index in [-0.39, 0.29) is 5.41 Å². The zero-order chi connectivity index (χ0) is 8.65. The van der Waals surface area contributed by atoms with Gasteiger partial charge in [0.25, 0.3) is 0 Å². The van der Waals surface area contributed by atoms with Crippen molar-refractivity contribution in [3.8, 4) is 0 Å². The third-order valence-electron chi connectivity index (χ3n) is 1.31. The molecule has 0 bridgehead atoms. The highest BCUT2D eigenvalue weighted by Gasteiger charge is 2.23. The van der Waals surface area contributed by atoms with Crippen molar-refractivity contribution in [3.05, 3.63) is 14.5 Å². The lowest BCUT2D eigenvalue weighted by atomic mass is 9.93. The van der Waals surface area contributed by atoms with Gasteiger partial charge in [0, 0.05) is 28.0 Å². The number of aromatic nitrogens is 1. The van der Waals surface area contributed by atoms with Gasteiger partial charge in [-0.3, -0.25) is 0 Å². The van der Waals surface area contributed by atoms with Gasteiger partial charge in [-0.25, -0.2) is 0 Å². The van der Waals surface area contributed by atoms with Gasteiger partial charge >= 0.3 is 0 Å². The second kappa shape index (κ2) is 2.94. The summed E-state index contributed by atoms with van der Waals surface area (Å²) < 4.78 is 5.59. The number of rotatable bonds is 0. The summed E-state index contributed by atoms with van der Waals surface area (Å²) in [6, 6.07) is 0. The Balaban J connectivity index is 3.15. The molecule has 0 aromatic carbocycles. The van der Waals surface area contributed by atoms with Crippen LogP contribution in [0.4, 0.5) is 0 Å². The fourth-order valence-electron chi connectivity index (χ4n) is 0.725. The fraction of sp³-hybridized carbons (Fsp3) is 0.571. The molecule has 0 fully saturated rings. The van der Waals surface area contributed by atoms with E-state index in [1.807, 2.05) is 43.4 Å². The monoisotopic (exact) mass is 285 g/mol. The first-order valence-electron chi connectivity index (χ1n) is 3.24. The van der Waals surface area contributed by atoms with E-state index in [0.717, 1.165) is 5.69 Å². The summed E-state index contributed by atoms with van der Waals surface area (Å²) in [7, 11) is 0. The van der Waals surface area contributed by atoms with Crippen molar-refractivity contribution in [1.29, 1.82) is 0 Å². The normalized spacial score (nSPS) is 12.1. The number of halogens is 2. The van der Waals surface area contributed by atoms with Crippen LogP contribution in [-0.2, 0) is 5.41 Å². The van der Waals surface area contributed by atoms with Crippen LogP contribution in [0.15, 0.2) is 4.52 Å². The molecule has 0 saturated heterocycles. The minimum Gasteiger partial charge on any atom is -0.348 e. The molecule has 11 heavy (non-hydrogen) atoms. The van der Waals surface area contributed by atoms with Crippen LogP contribution in [0.25, 0.3) is 0 Å². The molecule has 0 N–H and O–H groups in total. The van der Waals surface area contributed by atoms with E-state index in [1.54, 1.807) is 0 Å². The van der Waals surface area contributed by atoms with Crippen molar-refractivity contribution >= 4 is 34.2 Å². The Morgan fingerprint density at radius 3 is 2.18 bits per heavy atom. The molecule has 62 valence electrons. The minimum atomic E-state index is -0.0377. The summed E-state index contributed by atoms with van der Waals surface area (Å²) in [5, 5.41) is 4.51. The summed E-state index contributed by atoms with van der Waals surface area (Å²) in [6.07, 6.45) is 0. The average Bonchev–Trinajstić information content (AvgIpc) is 2.11. The van der Waals surface area contributed by atoms with E-state index in [1.165, 1.54) is 0 Å². The van der Waals surface area contributed by atoms with Crippen LogP contribution in [-0.4, -0.2) is 5.16 Å². The summed E-state index contributed by atoms with van der Waals surface area (Å²) in [5.41, 5.74) is 0.785. The van der Waals surface area contributed by atoms with E-state index in [9.17, 15) is 0 Å². The predicted octanol–water partition coefficient (Wildman–Crippen LogP) is 3.23. The van der Waals surface area contributed by atoms with Crippen LogP contribution in [0.1, 0.15) is 26.5 Å². The maximum Gasteiger partial charge on any atom is 0.215 e. The second-order valence-corrected chi connectivity index (χ2v) is 4.73. The van der Waals surface area contributed by atoms with E-state index in [4.69, 9.17) is 16.1 Å². The maximum atomic E-state index is 5.93. The Kier molecular flexibility index (Phi) is 2.49. The molecule has 0 spiro atoms. The topological polar surface area (TPSA) is 26.0 Å². The molecule has 0 aliphatic rings. The number of hydrogen-bond donors (Lipinski definition) is 0. The van der Waals surface area contributed by atoms with Crippen molar-refractivity contribution in [1.82, 2.24) is 5.16 Å². The SMILES string of the molecule is CC(C)(C)c1noc(I)c1Cl. The van der Waals surface area contributed by atoms with E-state index in [2.05, 4.69) is 5.16 Å². The molecule has 1 heterocycles. The fourth-order valence-corrected chi connectivity index (χ4v) is 1.43. The molecule has 1 aromatic rings. The van der Waals surface area contributed by atoms with Gasteiger partial charge in [-0.1, -0.05) is 37.5 Å². The van der Waals surface area contributed by atoms with Gasteiger partial charge in [0.2, 0.25) is 3.77 Å². The highest BCUT2D eigenvalue weighted by Crippen LogP contribution is 2.31.